The van der Waals surface area contributed by atoms with Gasteiger partial charge in [0.05, 0.1) is 12.2 Å². The number of urea groups is 1. The summed E-state index contributed by atoms with van der Waals surface area (Å²) in [5, 5.41) is 6.49. The van der Waals surface area contributed by atoms with Crippen molar-refractivity contribution in [1.29, 1.82) is 0 Å². The Balaban J connectivity index is 1.88. The van der Waals surface area contributed by atoms with Gasteiger partial charge in [-0.15, -0.1) is 0 Å². The zero-order valence-corrected chi connectivity index (χ0v) is 11.7. The zero-order valence-electron chi connectivity index (χ0n) is 11.7. The van der Waals surface area contributed by atoms with Crippen LogP contribution < -0.4 is 5.32 Å². The van der Waals surface area contributed by atoms with Crippen LogP contribution in [0, 0.1) is 6.92 Å². The monoisotopic (exact) mass is 286 g/mol. The van der Waals surface area contributed by atoms with Crippen LogP contribution in [0.25, 0.3) is 0 Å². The van der Waals surface area contributed by atoms with Crippen molar-refractivity contribution in [2.24, 2.45) is 0 Å². The summed E-state index contributed by atoms with van der Waals surface area (Å²) in [5.74, 6) is 0.274. The number of aryl methyl sites for hydroxylation is 1. The quantitative estimate of drug-likeness (QED) is 0.860. The molecule has 1 unspecified atom stereocenters. The summed E-state index contributed by atoms with van der Waals surface area (Å²) in [7, 11) is 0. The second-order valence-corrected chi connectivity index (χ2v) is 5.09. The van der Waals surface area contributed by atoms with Crippen molar-refractivity contribution >= 4 is 11.9 Å². The van der Waals surface area contributed by atoms with E-state index in [2.05, 4.69) is 15.5 Å². The maximum Gasteiger partial charge on any atom is 0.325 e. The molecule has 1 N–H and O–H groups in total. The minimum atomic E-state index is -1.16. The van der Waals surface area contributed by atoms with Gasteiger partial charge in [-0.2, -0.15) is 0 Å². The van der Waals surface area contributed by atoms with Gasteiger partial charge in [-0.25, -0.2) is 4.79 Å². The van der Waals surface area contributed by atoms with Crippen molar-refractivity contribution in [1.82, 2.24) is 20.4 Å². The molecule has 0 aliphatic carbocycles. The van der Waals surface area contributed by atoms with Crippen LogP contribution in [0.4, 0.5) is 4.79 Å². The van der Waals surface area contributed by atoms with Crippen molar-refractivity contribution in [3.05, 3.63) is 47.6 Å². The largest absolute Gasteiger partial charge is 0.361 e. The Morgan fingerprint density at radius 2 is 2.19 bits per heavy atom. The number of carbonyl (C=O) groups excluding carboxylic acids is 2. The van der Waals surface area contributed by atoms with E-state index in [1.54, 1.807) is 44.3 Å². The molecular weight excluding hydrogens is 272 g/mol. The normalized spacial score (nSPS) is 21.7. The second-order valence-electron chi connectivity index (χ2n) is 5.09. The number of nitrogens with zero attached hydrogens (tertiary/aromatic N) is 3. The lowest BCUT2D eigenvalue weighted by Gasteiger charge is -2.20. The van der Waals surface area contributed by atoms with Crippen LogP contribution in [0.5, 0.6) is 0 Å². The first-order chi connectivity index (χ1) is 10.0. The Kier molecular flexibility index (Phi) is 2.97. The number of carbonyl (C=O) groups is 2. The average Bonchev–Trinajstić information content (AvgIpc) is 2.98. The maximum atomic E-state index is 12.6. The molecule has 1 aliphatic heterocycles. The molecule has 0 aromatic carbocycles. The predicted molar refractivity (Wildman–Crippen MR) is 71.9 cm³/mol. The lowest BCUT2D eigenvalue weighted by molar-refractivity contribution is -0.131. The first-order valence-electron chi connectivity index (χ1n) is 6.48. The van der Waals surface area contributed by atoms with E-state index in [0.717, 1.165) is 4.90 Å². The molecule has 2 aromatic rings. The van der Waals surface area contributed by atoms with E-state index in [1.807, 2.05) is 0 Å². The van der Waals surface area contributed by atoms with Crippen molar-refractivity contribution in [2.45, 2.75) is 25.9 Å². The summed E-state index contributed by atoms with van der Waals surface area (Å²) < 4.78 is 4.95. The fourth-order valence-corrected chi connectivity index (χ4v) is 2.33. The molecule has 3 rings (SSSR count). The molecule has 3 heterocycles. The number of aromatic nitrogens is 2. The summed E-state index contributed by atoms with van der Waals surface area (Å²) in [4.78, 5) is 30.0. The summed E-state index contributed by atoms with van der Waals surface area (Å²) in [6, 6.07) is 6.47. The number of amides is 3. The van der Waals surface area contributed by atoms with E-state index >= 15 is 0 Å². The van der Waals surface area contributed by atoms with E-state index in [4.69, 9.17) is 4.52 Å². The van der Waals surface area contributed by atoms with E-state index < -0.39 is 11.6 Å². The van der Waals surface area contributed by atoms with Crippen LogP contribution in [-0.2, 0) is 16.9 Å². The van der Waals surface area contributed by atoms with Gasteiger partial charge in [-0.05, 0) is 26.0 Å². The molecule has 21 heavy (non-hydrogen) atoms. The van der Waals surface area contributed by atoms with Crippen LogP contribution in [0.1, 0.15) is 24.1 Å². The third-order valence-electron chi connectivity index (χ3n) is 3.45. The predicted octanol–water partition coefficient (Wildman–Crippen LogP) is 1.35. The van der Waals surface area contributed by atoms with Crippen molar-refractivity contribution in [3.8, 4) is 0 Å². The molecule has 7 heteroatoms. The molecular formula is C14H14N4O3. The summed E-state index contributed by atoms with van der Waals surface area (Å²) in [5.41, 5.74) is -0.125. The van der Waals surface area contributed by atoms with Gasteiger partial charge < -0.3 is 9.84 Å². The first-order valence-corrected chi connectivity index (χ1v) is 6.48. The SMILES string of the molecule is Cc1cc(CN2C(=O)NC(C)(c3ccccn3)C2=O)no1. The molecule has 1 aliphatic rings. The van der Waals surface area contributed by atoms with Gasteiger partial charge in [0.25, 0.3) is 5.91 Å². The van der Waals surface area contributed by atoms with Gasteiger partial charge in [0.2, 0.25) is 0 Å². The molecule has 3 amide bonds. The van der Waals surface area contributed by atoms with Crippen LogP contribution in [0.2, 0.25) is 0 Å². The molecule has 0 bridgehead atoms. The van der Waals surface area contributed by atoms with Crippen molar-refractivity contribution < 1.29 is 14.1 Å². The van der Waals surface area contributed by atoms with Crippen LogP contribution in [0.3, 0.4) is 0 Å². The number of hydrogen-bond donors (Lipinski definition) is 1. The Bertz CT molecular complexity index is 697. The lowest BCUT2D eigenvalue weighted by atomic mass is 9.97. The van der Waals surface area contributed by atoms with Gasteiger partial charge in [0.1, 0.15) is 11.5 Å². The molecule has 2 aromatic heterocycles. The number of hydrogen-bond acceptors (Lipinski definition) is 5. The maximum absolute atomic E-state index is 12.6. The molecule has 1 fully saturated rings. The highest BCUT2D eigenvalue weighted by Crippen LogP contribution is 2.28. The van der Waals surface area contributed by atoms with E-state index in [-0.39, 0.29) is 12.5 Å². The number of pyridine rings is 1. The number of rotatable bonds is 3. The van der Waals surface area contributed by atoms with Gasteiger partial charge in [-0.1, -0.05) is 11.2 Å². The lowest BCUT2D eigenvalue weighted by Crippen LogP contribution is -2.41. The second kappa shape index (κ2) is 4.69. The Hall–Kier alpha value is -2.70. The smallest absolute Gasteiger partial charge is 0.325 e. The van der Waals surface area contributed by atoms with E-state index in [1.165, 1.54) is 0 Å². The molecule has 1 saturated heterocycles. The Labute approximate surface area is 120 Å². The number of imide groups is 1. The molecule has 0 saturated carbocycles. The summed E-state index contributed by atoms with van der Waals surface area (Å²) in [6.07, 6.45) is 1.59. The van der Waals surface area contributed by atoms with Gasteiger partial charge in [0.15, 0.2) is 5.54 Å². The third kappa shape index (κ3) is 2.16. The average molecular weight is 286 g/mol. The highest BCUT2D eigenvalue weighted by Gasteiger charge is 2.50. The minimum Gasteiger partial charge on any atom is -0.361 e. The van der Waals surface area contributed by atoms with E-state index in [9.17, 15) is 9.59 Å². The molecule has 7 nitrogen and oxygen atoms in total. The Morgan fingerprint density at radius 3 is 2.81 bits per heavy atom. The number of nitrogens with one attached hydrogen (secondary N) is 1. The molecule has 0 radical (unpaired) electrons. The van der Waals surface area contributed by atoms with Crippen molar-refractivity contribution in [3.63, 3.8) is 0 Å². The molecule has 0 spiro atoms. The van der Waals surface area contributed by atoms with Crippen LogP contribution >= 0.6 is 0 Å². The van der Waals surface area contributed by atoms with Gasteiger partial charge in [-0.3, -0.25) is 14.7 Å². The zero-order chi connectivity index (χ0) is 15.0. The van der Waals surface area contributed by atoms with E-state index in [0.29, 0.717) is 17.1 Å². The minimum absolute atomic E-state index is 0.0738. The summed E-state index contributed by atoms with van der Waals surface area (Å²) in [6.45, 7) is 3.47. The van der Waals surface area contributed by atoms with Gasteiger partial charge in [0, 0.05) is 12.3 Å². The fraction of sp³-hybridized carbons (Fsp3) is 0.286. The summed E-state index contributed by atoms with van der Waals surface area (Å²) >= 11 is 0. The van der Waals surface area contributed by atoms with Crippen LogP contribution in [-0.4, -0.2) is 27.0 Å². The topological polar surface area (TPSA) is 88.3 Å². The van der Waals surface area contributed by atoms with Crippen LogP contribution in [0.15, 0.2) is 35.0 Å². The highest BCUT2D eigenvalue weighted by atomic mass is 16.5. The standard InChI is InChI=1S/C14H14N4O3/c1-9-7-10(17-21-9)8-18-12(19)14(2,16-13(18)20)11-5-3-4-6-15-11/h3-7H,8H2,1-2H3,(H,16,20). The third-order valence-corrected chi connectivity index (χ3v) is 3.45. The first kappa shape index (κ1) is 13.3. The van der Waals surface area contributed by atoms with Gasteiger partial charge >= 0.3 is 6.03 Å². The molecule has 1 atom stereocenters. The fourth-order valence-electron chi connectivity index (χ4n) is 2.33. The highest BCUT2D eigenvalue weighted by molar-refractivity contribution is 6.06. The molecule has 108 valence electrons. The Morgan fingerprint density at radius 1 is 1.38 bits per heavy atom. The van der Waals surface area contributed by atoms with Crippen molar-refractivity contribution in [2.75, 3.05) is 0 Å².